The number of methoxy groups -OCH3 is 1. The number of carbonyl (C=O) groups excluding carboxylic acids is 4. The summed E-state index contributed by atoms with van der Waals surface area (Å²) in [7, 11) is 1.51. The van der Waals surface area contributed by atoms with Crippen LogP contribution in [-0.4, -0.2) is 37.3 Å². The summed E-state index contributed by atoms with van der Waals surface area (Å²) in [6, 6.07) is 12.7. The minimum Gasteiger partial charge on any atom is -0.497 e. The van der Waals surface area contributed by atoms with Crippen LogP contribution in [0.3, 0.4) is 0 Å². The number of rotatable bonds is 6. The Morgan fingerprint density at radius 3 is 2.45 bits per heavy atom. The van der Waals surface area contributed by atoms with Crippen molar-refractivity contribution >= 4 is 29.3 Å². The molecule has 0 radical (unpaired) electrons. The zero-order valence-electron chi connectivity index (χ0n) is 18.3. The van der Waals surface area contributed by atoms with E-state index in [1.54, 1.807) is 36.4 Å². The van der Waals surface area contributed by atoms with Crippen LogP contribution < -0.4 is 9.64 Å². The first-order valence-corrected chi connectivity index (χ1v) is 10.9. The molecule has 0 spiro atoms. The average molecular weight is 445 g/mol. The monoisotopic (exact) mass is 445 g/mol. The Kier molecular flexibility index (Phi) is 5.12. The first kappa shape index (κ1) is 21.1. The Hall–Kier alpha value is -3.74. The normalized spacial score (nSPS) is 25.2. The van der Waals surface area contributed by atoms with E-state index in [0.29, 0.717) is 17.0 Å². The van der Waals surface area contributed by atoms with Gasteiger partial charge in [0.1, 0.15) is 5.75 Å². The third-order valence-corrected chi connectivity index (χ3v) is 6.97. The molecular formula is C26H23NO6. The Morgan fingerprint density at radius 1 is 1.00 bits per heavy atom. The Bertz CT molecular complexity index is 1200. The maximum atomic E-state index is 13.0. The van der Waals surface area contributed by atoms with Crippen LogP contribution in [0.2, 0.25) is 0 Å². The van der Waals surface area contributed by atoms with E-state index in [1.165, 1.54) is 29.7 Å². The van der Waals surface area contributed by atoms with Crippen molar-refractivity contribution < 1.29 is 28.7 Å². The third kappa shape index (κ3) is 3.44. The summed E-state index contributed by atoms with van der Waals surface area (Å²) >= 11 is 0. The molecule has 1 saturated carbocycles. The summed E-state index contributed by atoms with van der Waals surface area (Å²) in [6.07, 6.45) is 3.01. The van der Waals surface area contributed by atoms with Crippen molar-refractivity contribution in [3.8, 4) is 5.75 Å². The van der Waals surface area contributed by atoms with Gasteiger partial charge in [0, 0.05) is 5.56 Å². The van der Waals surface area contributed by atoms with Crippen molar-refractivity contribution in [1.82, 2.24) is 0 Å². The topological polar surface area (TPSA) is 90.0 Å². The smallest absolute Gasteiger partial charge is 0.338 e. The molecule has 2 aliphatic carbocycles. The minimum absolute atomic E-state index is 0.137. The molecule has 2 amide bonds. The van der Waals surface area contributed by atoms with Crippen LogP contribution in [0.15, 0.2) is 60.2 Å². The summed E-state index contributed by atoms with van der Waals surface area (Å²) in [5.41, 5.74) is 2.26. The summed E-state index contributed by atoms with van der Waals surface area (Å²) in [6.45, 7) is 1.62. The van der Waals surface area contributed by atoms with Crippen LogP contribution in [0.1, 0.15) is 34.1 Å². The number of hydrogen-bond acceptors (Lipinski definition) is 6. The van der Waals surface area contributed by atoms with Crippen molar-refractivity contribution in [2.45, 2.75) is 13.3 Å². The molecule has 33 heavy (non-hydrogen) atoms. The molecule has 1 heterocycles. The molecule has 0 N–H and O–H groups in total. The average Bonchev–Trinajstić information content (AvgIpc) is 3.47. The number of esters is 1. The summed E-state index contributed by atoms with van der Waals surface area (Å²) < 4.78 is 10.2. The number of ketones is 1. The molecule has 3 aliphatic rings. The van der Waals surface area contributed by atoms with Crippen LogP contribution in [0, 0.1) is 23.7 Å². The number of amides is 2. The molecule has 168 valence electrons. The number of carbonyl (C=O) groups is 4. The van der Waals surface area contributed by atoms with E-state index in [0.717, 1.165) is 6.42 Å². The maximum absolute atomic E-state index is 13.0. The van der Waals surface area contributed by atoms with Crippen molar-refractivity contribution in [3.63, 3.8) is 0 Å². The van der Waals surface area contributed by atoms with Crippen LogP contribution >= 0.6 is 0 Å². The number of allylic oxidation sites excluding steroid dienone is 2. The molecule has 1 saturated heterocycles. The Labute approximate surface area is 191 Å². The molecule has 7 heteroatoms. The minimum atomic E-state index is -0.661. The first-order chi connectivity index (χ1) is 15.9. The van der Waals surface area contributed by atoms with Gasteiger partial charge in [-0.15, -0.1) is 0 Å². The second kappa shape index (κ2) is 7.99. The molecule has 5 rings (SSSR count). The molecule has 2 bridgehead atoms. The molecule has 2 aromatic carbocycles. The van der Waals surface area contributed by atoms with Crippen molar-refractivity contribution in [2.24, 2.45) is 23.7 Å². The summed E-state index contributed by atoms with van der Waals surface area (Å²) in [5, 5.41) is 0. The molecule has 0 aromatic heterocycles. The summed E-state index contributed by atoms with van der Waals surface area (Å²) in [4.78, 5) is 52.0. The van der Waals surface area contributed by atoms with Crippen LogP contribution in [-0.2, 0) is 14.3 Å². The number of fused-ring (bicyclic) bond motifs is 5. The number of hydrogen-bond donors (Lipinski definition) is 0. The number of Topliss-reactive ketones (excluding diaryl/α,β-unsaturated/α-hetero) is 1. The van der Waals surface area contributed by atoms with E-state index in [2.05, 4.69) is 6.08 Å². The highest BCUT2D eigenvalue weighted by molar-refractivity contribution is 6.23. The van der Waals surface area contributed by atoms with Crippen LogP contribution in [0.4, 0.5) is 5.69 Å². The van der Waals surface area contributed by atoms with Gasteiger partial charge in [-0.2, -0.15) is 0 Å². The van der Waals surface area contributed by atoms with Gasteiger partial charge in [-0.25, -0.2) is 4.79 Å². The van der Waals surface area contributed by atoms with E-state index in [4.69, 9.17) is 9.47 Å². The van der Waals surface area contributed by atoms with Crippen LogP contribution in [0.25, 0.3) is 0 Å². The third-order valence-electron chi connectivity index (χ3n) is 6.97. The molecule has 0 unspecified atom stereocenters. The van der Waals surface area contributed by atoms with E-state index < -0.39 is 12.6 Å². The highest BCUT2D eigenvalue weighted by Gasteiger charge is 2.60. The van der Waals surface area contributed by atoms with Crippen molar-refractivity contribution in [2.75, 3.05) is 18.6 Å². The Morgan fingerprint density at radius 2 is 1.73 bits per heavy atom. The van der Waals surface area contributed by atoms with Gasteiger partial charge in [0.05, 0.1) is 30.2 Å². The number of nitrogens with zero attached hydrogens (tertiary/aromatic N) is 1. The lowest BCUT2D eigenvalue weighted by Crippen LogP contribution is -2.32. The lowest BCUT2D eigenvalue weighted by Gasteiger charge is -2.19. The zero-order valence-corrected chi connectivity index (χ0v) is 18.3. The van der Waals surface area contributed by atoms with Gasteiger partial charge < -0.3 is 9.47 Å². The quantitative estimate of drug-likeness (QED) is 0.293. The van der Waals surface area contributed by atoms with Gasteiger partial charge in [0.15, 0.2) is 12.4 Å². The second-order valence-electron chi connectivity index (χ2n) is 8.76. The van der Waals surface area contributed by atoms with E-state index in [-0.39, 0.29) is 46.8 Å². The van der Waals surface area contributed by atoms with E-state index in [1.807, 2.05) is 6.92 Å². The fraction of sp³-hybridized carbons (Fsp3) is 0.308. The first-order valence-electron chi connectivity index (χ1n) is 10.9. The predicted octanol–water partition coefficient (Wildman–Crippen LogP) is 3.44. The fourth-order valence-electron chi connectivity index (χ4n) is 5.37. The van der Waals surface area contributed by atoms with Gasteiger partial charge in [0.2, 0.25) is 11.8 Å². The lowest BCUT2D eigenvalue weighted by atomic mass is 9.82. The fourth-order valence-corrected chi connectivity index (χ4v) is 5.37. The second-order valence-corrected chi connectivity index (χ2v) is 8.76. The highest BCUT2D eigenvalue weighted by atomic mass is 16.5. The van der Waals surface area contributed by atoms with E-state index >= 15 is 0 Å². The SMILES string of the molecule is COc1cccc(C(=O)COC(=O)c2ccc(N3C(=O)[C@H]4[C@H](C3=O)[C@H]3C[C@H]4C=C3C)cc2)c1. The van der Waals surface area contributed by atoms with Crippen molar-refractivity contribution in [1.29, 1.82) is 0 Å². The molecule has 1 aliphatic heterocycles. The number of benzene rings is 2. The molecule has 7 nitrogen and oxygen atoms in total. The standard InChI is InChI=1S/C26H23NO6/c1-14-10-17-12-20(14)23-22(17)24(29)27(25(23)30)18-8-6-15(7-9-18)26(31)33-13-21(28)16-4-3-5-19(11-16)32-2/h3-11,17,20,22-23H,12-13H2,1-2H3/t17-,20+,22-,23-/m1/s1. The number of ether oxygens (including phenoxy) is 2. The summed E-state index contributed by atoms with van der Waals surface area (Å²) in [5.74, 6) is -1.07. The van der Waals surface area contributed by atoms with Gasteiger partial charge in [-0.3, -0.25) is 19.3 Å². The number of anilines is 1. The number of imide groups is 1. The lowest BCUT2D eigenvalue weighted by molar-refractivity contribution is -0.123. The largest absolute Gasteiger partial charge is 0.497 e. The molecular weight excluding hydrogens is 422 g/mol. The van der Waals surface area contributed by atoms with Gasteiger partial charge in [-0.1, -0.05) is 23.8 Å². The van der Waals surface area contributed by atoms with Gasteiger partial charge in [-0.05, 0) is 61.6 Å². The maximum Gasteiger partial charge on any atom is 0.338 e. The van der Waals surface area contributed by atoms with Crippen LogP contribution in [0.5, 0.6) is 5.75 Å². The Balaban J connectivity index is 1.24. The van der Waals surface area contributed by atoms with E-state index in [9.17, 15) is 19.2 Å². The molecule has 2 fully saturated rings. The molecule has 4 atom stereocenters. The zero-order chi connectivity index (χ0) is 23.3. The van der Waals surface area contributed by atoms with Crippen molar-refractivity contribution in [3.05, 3.63) is 71.3 Å². The van der Waals surface area contributed by atoms with Gasteiger partial charge in [0.25, 0.3) is 0 Å². The van der Waals surface area contributed by atoms with Gasteiger partial charge >= 0.3 is 5.97 Å². The molecule has 2 aromatic rings. The predicted molar refractivity (Wildman–Crippen MR) is 119 cm³/mol. The highest BCUT2D eigenvalue weighted by Crippen LogP contribution is 2.55.